The van der Waals surface area contributed by atoms with Gasteiger partial charge in [0.1, 0.15) is 6.07 Å². The smallest absolute Gasteiger partial charge is 0.245 e. The largest absolute Gasteiger partial charge is 0.383 e. The standard InChI is InChI=1S/C28H30ClF3N8/c1-15(2)11-34-24-17(10-33)12-35-25-20(24)8-18(9-21(25)29)37-26(19-4-5-23(30)36-16(19)3)22-13-40(39-38-22)14-28(6-7-28)27(31)32/h4-5,8-9,12-13,15,26-27,37-39H,6-7,11,14H2,1-3H3,(H,34,35)/t26-/m0/s1. The molecular weight excluding hydrogens is 541 g/mol. The van der Waals surface area contributed by atoms with Gasteiger partial charge in [-0.2, -0.15) is 9.65 Å². The summed E-state index contributed by atoms with van der Waals surface area (Å²) in [6.07, 6.45) is 1.76. The number of aromatic nitrogens is 2. The minimum Gasteiger partial charge on any atom is -0.383 e. The molecule has 0 spiro atoms. The number of aryl methyl sites for hydroxylation is 1. The second-order valence-electron chi connectivity index (χ2n) is 10.8. The molecule has 0 radical (unpaired) electrons. The van der Waals surface area contributed by atoms with Gasteiger partial charge < -0.3 is 16.1 Å². The molecule has 210 valence electrons. The molecule has 0 bridgehead atoms. The minimum atomic E-state index is -2.41. The van der Waals surface area contributed by atoms with Gasteiger partial charge in [-0.3, -0.25) is 9.99 Å². The first-order valence-electron chi connectivity index (χ1n) is 13.0. The van der Waals surface area contributed by atoms with Crippen LogP contribution >= 0.6 is 11.6 Å². The average molecular weight is 571 g/mol. The van der Waals surface area contributed by atoms with Crippen LogP contribution in [0.5, 0.6) is 0 Å². The van der Waals surface area contributed by atoms with Crippen LogP contribution in [-0.4, -0.2) is 34.5 Å². The number of fused-ring (bicyclic) bond motifs is 1. The van der Waals surface area contributed by atoms with E-state index in [4.69, 9.17) is 11.6 Å². The maximum Gasteiger partial charge on any atom is 0.245 e. The van der Waals surface area contributed by atoms with E-state index in [1.54, 1.807) is 30.3 Å². The highest BCUT2D eigenvalue weighted by molar-refractivity contribution is 6.35. The Balaban J connectivity index is 1.54. The summed E-state index contributed by atoms with van der Waals surface area (Å²) in [5.74, 6) is -0.272. The van der Waals surface area contributed by atoms with Crippen molar-refractivity contribution in [3.05, 3.63) is 70.2 Å². The van der Waals surface area contributed by atoms with Gasteiger partial charge in [0.15, 0.2) is 0 Å². The SMILES string of the molecule is Cc1nc(F)ccc1[C@H](Nc1cc(Cl)c2ncc(C#N)c(NCC(C)C)c2c1)C1=CN(CC2(C(F)F)CC2)NN1. The molecule has 0 amide bonds. The van der Waals surface area contributed by atoms with Crippen molar-refractivity contribution in [3.63, 3.8) is 0 Å². The van der Waals surface area contributed by atoms with Crippen LogP contribution in [0.25, 0.3) is 10.9 Å². The zero-order valence-electron chi connectivity index (χ0n) is 22.3. The lowest BCUT2D eigenvalue weighted by molar-refractivity contribution is 0.0368. The highest BCUT2D eigenvalue weighted by Gasteiger charge is 2.52. The van der Waals surface area contributed by atoms with Crippen molar-refractivity contribution in [2.24, 2.45) is 11.3 Å². The lowest BCUT2D eigenvalue weighted by Gasteiger charge is -2.23. The van der Waals surface area contributed by atoms with Crippen LogP contribution in [0.3, 0.4) is 0 Å². The summed E-state index contributed by atoms with van der Waals surface area (Å²) >= 11 is 6.67. The Morgan fingerprint density at radius 3 is 2.67 bits per heavy atom. The number of nitrogens with zero attached hydrogens (tertiary/aromatic N) is 4. The van der Waals surface area contributed by atoms with Gasteiger partial charge >= 0.3 is 0 Å². The summed E-state index contributed by atoms with van der Waals surface area (Å²) in [7, 11) is 0. The molecule has 2 aromatic heterocycles. The molecule has 3 aromatic rings. The predicted octanol–water partition coefficient (Wildman–Crippen LogP) is 6.04. The molecule has 3 heterocycles. The van der Waals surface area contributed by atoms with E-state index in [0.717, 1.165) is 0 Å². The maximum atomic E-state index is 13.9. The third kappa shape index (κ3) is 5.60. The van der Waals surface area contributed by atoms with Gasteiger partial charge in [0.25, 0.3) is 0 Å². The summed E-state index contributed by atoms with van der Waals surface area (Å²) < 4.78 is 41.1. The van der Waals surface area contributed by atoms with Gasteiger partial charge in [-0.05, 0) is 43.9 Å². The van der Waals surface area contributed by atoms with Crippen LogP contribution in [0.4, 0.5) is 24.5 Å². The van der Waals surface area contributed by atoms with E-state index in [1.165, 1.54) is 12.3 Å². The van der Waals surface area contributed by atoms with E-state index in [2.05, 4.69) is 51.5 Å². The molecule has 2 aliphatic rings. The molecule has 40 heavy (non-hydrogen) atoms. The number of hydrazine groups is 2. The molecule has 1 fully saturated rings. The lowest BCUT2D eigenvalue weighted by atomic mass is 10.0. The molecule has 1 atom stereocenters. The second-order valence-corrected chi connectivity index (χ2v) is 11.2. The van der Waals surface area contributed by atoms with Crippen molar-refractivity contribution in [2.45, 2.75) is 46.1 Å². The van der Waals surface area contributed by atoms with Crippen molar-refractivity contribution in [2.75, 3.05) is 23.7 Å². The summed E-state index contributed by atoms with van der Waals surface area (Å²) in [5, 5.41) is 19.2. The van der Waals surface area contributed by atoms with E-state index in [0.29, 0.717) is 75.1 Å². The van der Waals surface area contributed by atoms with Gasteiger partial charge in [-0.1, -0.05) is 31.5 Å². The van der Waals surface area contributed by atoms with Crippen molar-refractivity contribution in [3.8, 4) is 6.07 Å². The molecule has 0 unspecified atom stereocenters. The molecule has 1 saturated carbocycles. The summed E-state index contributed by atoms with van der Waals surface area (Å²) in [6, 6.07) is 8.12. The predicted molar refractivity (Wildman–Crippen MR) is 149 cm³/mol. The number of halogens is 4. The van der Waals surface area contributed by atoms with Gasteiger partial charge in [0, 0.05) is 47.8 Å². The van der Waals surface area contributed by atoms with Crippen LogP contribution < -0.4 is 21.6 Å². The normalized spacial score (nSPS) is 16.6. The van der Waals surface area contributed by atoms with Gasteiger partial charge in [0.05, 0.1) is 38.9 Å². The molecule has 1 aromatic carbocycles. The number of anilines is 2. The van der Waals surface area contributed by atoms with Gasteiger partial charge in [-0.15, -0.1) is 5.53 Å². The number of pyridine rings is 2. The molecular formula is C28H30ClF3N8. The van der Waals surface area contributed by atoms with Crippen LogP contribution in [0.1, 0.15) is 49.6 Å². The highest BCUT2D eigenvalue weighted by atomic mass is 35.5. The van der Waals surface area contributed by atoms with Crippen molar-refractivity contribution >= 4 is 33.9 Å². The number of nitrogens with one attached hydrogen (secondary N) is 4. The van der Waals surface area contributed by atoms with Gasteiger partial charge in [0.2, 0.25) is 12.4 Å². The Kier molecular flexibility index (Phi) is 7.66. The van der Waals surface area contributed by atoms with E-state index in [9.17, 15) is 18.4 Å². The highest BCUT2D eigenvalue weighted by Crippen LogP contribution is 2.51. The Bertz CT molecular complexity index is 1500. The first-order valence-corrected chi connectivity index (χ1v) is 13.4. The fraction of sp³-hybridized carbons (Fsp3) is 0.393. The molecule has 8 nitrogen and oxygen atoms in total. The first-order chi connectivity index (χ1) is 19.1. The zero-order chi connectivity index (χ0) is 28.6. The third-order valence-corrected chi connectivity index (χ3v) is 7.53. The molecule has 4 N–H and O–H groups in total. The summed E-state index contributed by atoms with van der Waals surface area (Å²) in [5.41, 5.74) is 8.97. The fourth-order valence-corrected chi connectivity index (χ4v) is 5.07. The topological polar surface area (TPSA) is 101 Å². The van der Waals surface area contributed by atoms with E-state index < -0.39 is 23.8 Å². The van der Waals surface area contributed by atoms with Crippen LogP contribution in [-0.2, 0) is 0 Å². The number of benzene rings is 1. The van der Waals surface area contributed by atoms with E-state index in [1.807, 2.05) is 6.07 Å². The van der Waals surface area contributed by atoms with Gasteiger partial charge in [-0.25, -0.2) is 13.8 Å². The third-order valence-electron chi connectivity index (χ3n) is 7.24. The molecule has 1 aliphatic carbocycles. The Hall–Kier alpha value is -3.75. The Morgan fingerprint density at radius 2 is 2.02 bits per heavy atom. The van der Waals surface area contributed by atoms with E-state index in [-0.39, 0.29) is 6.54 Å². The molecule has 5 rings (SSSR count). The Morgan fingerprint density at radius 1 is 1.25 bits per heavy atom. The maximum absolute atomic E-state index is 13.9. The lowest BCUT2D eigenvalue weighted by Crippen LogP contribution is -2.41. The number of nitriles is 1. The van der Waals surface area contributed by atoms with Crippen LogP contribution in [0.2, 0.25) is 5.02 Å². The minimum absolute atomic E-state index is 0.143. The summed E-state index contributed by atoms with van der Waals surface area (Å²) in [6.45, 7) is 6.62. The van der Waals surface area contributed by atoms with Crippen LogP contribution in [0.15, 0.2) is 42.4 Å². The van der Waals surface area contributed by atoms with Crippen molar-refractivity contribution in [1.82, 2.24) is 25.9 Å². The zero-order valence-corrected chi connectivity index (χ0v) is 23.1. The monoisotopic (exact) mass is 570 g/mol. The van der Waals surface area contributed by atoms with Crippen molar-refractivity contribution in [1.29, 1.82) is 5.26 Å². The second kappa shape index (κ2) is 11.0. The number of hydrogen-bond donors (Lipinski definition) is 4. The van der Waals surface area contributed by atoms with E-state index >= 15 is 0 Å². The number of hydrogen-bond acceptors (Lipinski definition) is 8. The Labute approximate surface area is 235 Å². The fourth-order valence-electron chi connectivity index (χ4n) is 4.81. The molecule has 1 aliphatic heterocycles. The van der Waals surface area contributed by atoms with Crippen LogP contribution in [0, 0.1) is 35.5 Å². The average Bonchev–Trinajstić information content (AvgIpc) is 3.55. The first kappa shape index (κ1) is 27.8. The number of rotatable bonds is 10. The summed E-state index contributed by atoms with van der Waals surface area (Å²) in [4.78, 5) is 8.39. The van der Waals surface area contributed by atoms with Crippen molar-refractivity contribution < 1.29 is 13.2 Å². The molecule has 12 heteroatoms. The molecule has 0 saturated heterocycles. The number of alkyl halides is 2. The quantitative estimate of drug-likeness (QED) is 0.219.